The van der Waals surface area contributed by atoms with Crippen molar-refractivity contribution in [1.29, 1.82) is 0 Å². The number of thiol groups is 1. The van der Waals surface area contributed by atoms with E-state index in [0.29, 0.717) is 25.8 Å². The van der Waals surface area contributed by atoms with E-state index in [1.807, 2.05) is 13.8 Å². The summed E-state index contributed by atoms with van der Waals surface area (Å²) in [7, 11) is 0. The number of hydrogen-bond donors (Lipinski definition) is 3. The van der Waals surface area contributed by atoms with Crippen molar-refractivity contribution in [3.05, 3.63) is 0 Å². The van der Waals surface area contributed by atoms with Crippen LogP contribution in [0.3, 0.4) is 0 Å². The molecule has 0 unspecified atom stereocenters. The highest BCUT2D eigenvalue weighted by Crippen LogP contribution is 2.13. The van der Waals surface area contributed by atoms with Gasteiger partial charge in [-0.05, 0) is 25.7 Å². The number of rotatable bonds is 11. The van der Waals surface area contributed by atoms with Crippen molar-refractivity contribution in [2.45, 2.75) is 71.4 Å². The highest BCUT2D eigenvalue weighted by molar-refractivity contribution is 7.96. The summed E-state index contributed by atoms with van der Waals surface area (Å²) in [5, 5.41) is 4.78. The third-order valence-electron chi connectivity index (χ3n) is 4.44. The Kier molecular flexibility index (Phi) is 9.48. The minimum Gasteiger partial charge on any atom is -0.344 e. The summed E-state index contributed by atoms with van der Waals surface area (Å²) in [6.45, 7) is 5.54. The third-order valence-corrected chi connectivity index (χ3v) is 4.82. The van der Waals surface area contributed by atoms with Crippen LogP contribution in [0.1, 0.15) is 59.3 Å². The van der Waals surface area contributed by atoms with E-state index in [1.165, 1.54) is 11.8 Å². The van der Waals surface area contributed by atoms with Crippen molar-refractivity contribution in [2.75, 3.05) is 6.54 Å². The van der Waals surface area contributed by atoms with Crippen LogP contribution >= 0.6 is 12.6 Å². The zero-order chi connectivity index (χ0) is 20.6. The Morgan fingerprint density at radius 3 is 2.11 bits per heavy atom. The summed E-state index contributed by atoms with van der Waals surface area (Å²) in [5.41, 5.74) is 0. The normalized spacial score (nSPS) is 16.4. The van der Waals surface area contributed by atoms with Gasteiger partial charge in [-0.15, -0.1) is 12.6 Å². The summed E-state index contributed by atoms with van der Waals surface area (Å²) in [6.07, 6.45) is 2.78. The van der Waals surface area contributed by atoms with Crippen molar-refractivity contribution < 1.29 is 24.0 Å². The van der Waals surface area contributed by atoms with E-state index in [0.717, 1.165) is 0 Å². The molecule has 0 bridgehead atoms. The van der Waals surface area contributed by atoms with Crippen LogP contribution < -0.4 is 10.6 Å². The van der Waals surface area contributed by atoms with Gasteiger partial charge in [-0.2, -0.15) is 0 Å². The minimum absolute atomic E-state index is 0.127. The Bertz CT molecular complexity index is 578. The van der Waals surface area contributed by atoms with Gasteiger partial charge < -0.3 is 10.6 Å². The second-order valence-corrected chi connectivity index (χ2v) is 7.55. The number of nitrogens with zero attached hydrogens (tertiary/aromatic N) is 1. The van der Waals surface area contributed by atoms with Crippen LogP contribution in [-0.2, 0) is 24.0 Å². The molecule has 152 valence electrons. The van der Waals surface area contributed by atoms with Gasteiger partial charge in [0.2, 0.25) is 28.7 Å². The second-order valence-electron chi connectivity index (χ2n) is 7.11. The van der Waals surface area contributed by atoms with Gasteiger partial charge in [-0.3, -0.25) is 28.9 Å². The molecule has 9 heteroatoms. The van der Waals surface area contributed by atoms with Crippen LogP contribution in [0.2, 0.25) is 0 Å². The number of unbranched alkanes of at least 4 members (excludes halogenated alkanes) is 2. The van der Waals surface area contributed by atoms with E-state index in [1.54, 1.807) is 0 Å². The quantitative estimate of drug-likeness (QED) is 0.270. The molecule has 0 aromatic rings. The summed E-state index contributed by atoms with van der Waals surface area (Å²) in [5.74, 6) is -1.06. The third kappa shape index (κ3) is 7.70. The molecule has 8 nitrogen and oxygen atoms in total. The molecule has 1 rings (SSSR count). The van der Waals surface area contributed by atoms with Gasteiger partial charge >= 0.3 is 0 Å². The van der Waals surface area contributed by atoms with Crippen molar-refractivity contribution in [1.82, 2.24) is 15.5 Å². The van der Waals surface area contributed by atoms with Gasteiger partial charge in [0.1, 0.15) is 6.04 Å². The first kappa shape index (κ1) is 23.1. The van der Waals surface area contributed by atoms with E-state index in [2.05, 4.69) is 23.3 Å². The van der Waals surface area contributed by atoms with E-state index < -0.39 is 23.1 Å². The fraction of sp³-hybridized carbons (Fsp3) is 0.722. The molecular formula is C18H29N3O5S. The number of nitrogens with one attached hydrogen (secondary N) is 2. The Balaban J connectivity index is 2.33. The molecule has 0 aromatic heterocycles. The largest absolute Gasteiger partial charge is 0.344 e. The lowest BCUT2D eigenvalue weighted by atomic mass is 10.0. The van der Waals surface area contributed by atoms with Crippen molar-refractivity contribution in [3.63, 3.8) is 0 Å². The van der Waals surface area contributed by atoms with Crippen LogP contribution in [0.15, 0.2) is 0 Å². The van der Waals surface area contributed by atoms with Gasteiger partial charge in [0, 0.05) is 25.8 Å². The Hall–Kier alpha value is -1.90. The summed E-state index contributed by atoms with van der Waals surface area (Å²) in [4.78, 5) is 59.8. The summed E-state index contributed by atoms with van der Waals surface area (Å²) < 4.78 is 0. The molecule has 2 N–H and O–H groups in total. The number of hydrogen-bond acceptors (Lipinski definition) is 5. The molecule has 1 saturated heterocycles. The predicted molar refractivity (Wildman–Crippen MR) is 103 cm³/mol. The van der Waals surface area contributed by atoms with Gasteiger partial charge in [0.05, 0.1) is 6.04 Å². The van der Waals surface area contributed by atoms with E-state index in [4.69, 9.17) is 0 Å². The monoisotopic (exact) mass is 399 g/mol. The highest BCUT2D eigenvalue weighted by atomic mass is 32.1. The molecule has 0 aliphatic carbocycles. The van der Waals surface area contributed by atoms with Gasteiger partial charge in [0.25, 0.3) is 0 Å². The van der Waals surface area contributed by atoms with Gasteiger partial charge in [-0.1, -0.05) is 20.3 Å². The first-order valence-electron chi connectivity index (χ1n) is 9.29. The fourth-order valence-electron chi connectivity index (χ4n) is 2.75. The van der Waals surface area contributed by atoms with Gasteiger partial charge in [0.15, 0.2) is 0 Å². The molecule has 1 fully saturated rings. The number of amides is 4. The zero-order valence-electron chi connectivity index (χ0n) is 16.1. The average Bonchev–Trinajstić information content (AvgIpc) is 2.90. The zero-order valence-corrected chi connectivity index (χ0v) is 17.0. The maximum absolute atomic E-state index is 12.2. The average molecular weight is 400 g/mol. The molecule has 1 aliphatic heterocycles. The Morgan fingerprint density at radius 2 is 1.59 bits per heavy atom. The molecule has 1 aliphatic rings. The molecule has 4 amide bonds. The fourth-order valence-corrected chi connectivity index (χ4v) is 2.81. The van der Waals surface area contributed by atoms with Crippen molar-refractivity contribution >= 4 is 41.4 Å². The molecule has 2 atom stereocenters. The predicted octanol–water partition coefficient (Wildman–Crippen LogP) is 0.798. The van der Waals surface area contributed by atoms with Crippen LogP contribution in [0.4, 0.5) is 0 Å². The lowest BCUT2D eigenvalue weighted by Gasteiger charge is -2.23. The first-order chi connectivity index (χ1) is 12.6. The SMILES string of the molecule is CC(C)[C@H](NC(=O)CCCCCN1C(=O)CCC1=O)C(=O)N[C@@H](C)C(=O)S. The maximum Gasteiger partial charge on any atom is 0.243 e. The molecule has 0 aromatic carbocycles. The van der Waals surface area contributed by atoms with E-state index >= 15 is 0 Å². The lowest BCUT2D eigenvalue weighted by Crippen LogP contribution is -2.52. The van der Waals surface area contributed by atoms with Crippen LogP contribution in [0.25, 0.3) is 0 Å². The van der Waals surface area contributed by atoms with Crippen molar-refractivity contribution in [2.24, 2.45) is 5.92 Å². The van der Waals surface area contributed by atoms with Crippen LogP contribution in [0.5, 0.6) is 0 Å². The number of imide groups is 1. The Labute approximate surface area is 165 Å². The summed E-state index contributed by atoms with van der Waals surface area (Å²) in [6, 6.07) is -1.46. The minimum atomic E-state index is -0.729. The lowest BCUT2D eigenvalue weighted by molar-refractivity contribution is -0.138. The number of likely N-dealkylation sites (tertiary alicyclic amines) is 1. The molecule has 1 heterocycles. The molecular weight excluding hydrogens is 370 g/mol. The Morgan fingerprint density at radius 1 is 1.00 bits per heavy atom. The van der Waals surface area contributed by atoms with Gasteiger partial charge in [-0.25, -0.2) is 0 Å². The first-order valence-corrected chi connectivity index (χ1v) is 9.74. The maximum atomic E-state index is 12.2. The molecule has 0 saturated carbocycles. The molecule has 0 spiro atoms. The number of carbonyl (C=O) groups is 5. The molecule has 0 radical (unpaired) electrons. The molecule has 27 heavy (non-hydrogen) atoms. The topological polar surface area (TPSA) is 113 Å². The van der Waals surface area contributed by atoms with E-state index in [9.17, 15) is 24.0 Å². The van der Waals surface area contributed by atoms with E-state index in [-0.39, 0.29) is 42.9 Å². The number of carbonyl (C=O) groups excluding carboxylic acids is 5. The smallest absolute Gasteiger partial charge is 0.243 e. The highest BCUT2D eigenvalue weighted by Gasteiger charge is 2.28. The second kappa shape index (κ2) is 11.1. The summed E-state index contributed by atoms with van der Waals surface area (Å²) >= 11 is 3.68. The van der Waals surface area contributed by atoms with Crippen LogP contribution in [0, 0.1) is 5.92 Å². The standard InChI is InChI=1S/C18H29N3O5S/c1-11(2)16(17(25)19-12(3)18(26)27)20-13(22)7-5-4-6-10-21-14(23)8-9-15(21)24/h11-12,16H,4-10H2,1-3H3,(H,19,25)(H,20,22)(H,26,27)/t12-,16-/m0/s1. The van der Waals surface area contributed by atoms with Crippen molar-refractivity contribution in [3.8, 4) is 0 Å². The van der Waals surface area contributed by atoms with Crippen LogP contribution in [-0.4, -0.2) is 52.3 Å².